The zero-order valence-corrected chi connectivity index (χ0v) is 51.9. The number of aliphatic hydroxyl groups is 1. The number of carboxylic acid groups (broad SMARTS) is 1. The van der Waals surface area contributed by atoms with Gasteiger partial charge in [0, 0.05) is 23.9 Å². The van der Waals surface area contributed by atoms with Crippen molar-refractivity contribution in [2.45, 2.75) is 183 Å². The lowest BCUT2D eigenvalue weighted by atomic mass is 9.91. The summed E-state index contributed by atoms with van der Waals surface area (Å²) in [6.07, 6.45) is 4.32. The number of amides is 4. The third kappa shape index (κ3) is 22.1. The van der Waals surface area contributed by atoms with E-state index in [9.17, 15) is 43.5 Å². The molecule has 0 radical (unpaired) electrons. The number of aromatic nitrogens is 2. The van der Waals surface area contributed by atoms with Crippen LogP contribution in [-0.4, -0.2) is 126 Å². The molecular formula is C64H90N8O13. The number of hydrogen-bond donors (Lipinski definition) is 6. The molecular weight excluding hydrogens is 1090 g/mol. The first kappa shape index (κ1) is 69.9. The molecule has 85 heavy (non-hydrogen) atoms. The minimum atomic E-state index is -1.02. The molecule has 464 valence electrons. The summed E-state index contributed by atoms with van der Waals surface area (Å²) in [5, 5.41) is 28.6. The van der Waals surface area contributed by atoms with Gasteiger partial charge in [0.15, 0.2) is 0 Å². The molecule has 0 aliphatic carbocycles. The average Bonchev–Trinajstić information content (AvgIpc) is 3.16. The van der Waals surface area contributed by atoms with Crippen LogP contribution in [0.4, 0.5) is 0 Å². The van der Waals surface area contributed by atoms with Crippen molar-refractivity contribution in [1.82, 2.24) is 41.5 Å². The Morgan fingerprint density at radius 3 is 1.40 bits per heavy atom. The standard InChI is InChI=1S/C32H44N4O6.C19H33N3O6.C13H13NO/c1-9-22-12-13-23-14-15-25(34-27(23)17-22)21(5)41-31(40)26-11-10-16-36(35-26)30(39)20(4)33-29(38)24(19(2)3)18-28(37)42-32(6,7)8;1-11(2)13(10-15(23)28-19(4,5)6)16(24)20-12(3)17(25)22-9-7-8-14(21-22)18(26)27;1-3-10-4-5-11-6-7-12(9(2)15)14-13(11)8-10/h9,12-15,17,19-21,24,26,35H,1,10-11,16,18H2,2-8H3,(H,33,38);11-14,21H,7-10H2,1-6H3,(H,20,24)(H,26,27);3-9,15H,1H2,2H3/t20-,21+,24-,26-;12-,13-,14-;9-/m001/s1. The summed E-state index contributed by atoms with van der Waals surface area (Å²) in [4.78, 5) is 109. The van der Waals surface area contributed by atoms with Gasteiger partial charge in [-0.15, -0.1) is 0 Å². The maximum absolute atomic E-state index is 13.2. The van der Waals surface area contributed by atoms with Crippen molar-refractivity contribution in [3.8, 4) is 0 Å². The number of nitrogens with one attached hydrogen (secondary N) is 4. The summed E-state index contributed by atoms with van der Waals surface area (Å²) in [7, 11) is 0. The summed E-state index contributed by atoms with van der Waals surface area (Å²) in [6.45, 7) is 32.8. The number of esters is 3. The Morgan fingerprint density at radius 2 is 1.01 bits per heavy atom. The molecule has 8 atom stereocenters. The molecule has 0 unspecified atom stereocenters. The van der Waals surface area contributed by atoms with Gasteiger partial charge in [-0.3, -0.25) is 53.4 Å². The average molecular weight is 1180 g/mol. The van der Waals surface area contributed by atoms with E-state index < -0.39 is 101 Å². The molecule has 4 amide bonds. The number of hydrogen-bond acceptors (Lipinski definition) is 16. The first-order valence-corrected chi connectivity index (χ1v) is 29.1. The van der Waals surface area contributed by atoms with Crippen LogP contribution in [0.25, 0.3) is 34.0 Å². The maximum Gasteiger partial charge on any atom is 0.325 e. The Kier molecular flexibility index (Phi) is 25.9. The van der Waals surface area contributed by atoms with E-state index in [0.717, 1.165) is 32.9 Å². The van der Waals surface area contributed by atoms with Crippen molar-refractivity contribution >= 4 is 81.5 Å². The minimum absolute atomic E-state index is 0.0786. The maximum atomic E-state index is 13.2. The largest absolute Gasteiger partial charge is 0.480 e. The van der Waals surface area contributed by atoms with Crippen molar-refractivity contribution in [1.29, 1.82) is 0 Å². The molecule has 2 saturated heterocycles. The third-order valence-corrected chi connectivity index (χ3v) is 13.9. The van der Waals surface area contributed by atoms with E-state index in [1.54, 1.807) is 74.5 Å². The summed E-state index contributed by atoms with van der Waals surface area (Å²) < 4.78 is 16.4. The zero-order chi connectivity index (χ0) is 63.7. The lowest BCUT2D eigenvalue weighted by Crippen LogP contribution is -2.59. The van der Waals surface area contributed by atoms with E-state index in [0.29, 0.717) is 50.2 Å². The molecule has 2 aliphatic heterocycles. The lowest BCUT2D eigenvalue weighted by Gasteiger charge is -2.35. The van der Waals surface area contributed by atoms with Crippen LogP contribution < -0.4 is 21.5 Å². The van der Waals surface area contributed by atoms with Crippen molar-refractivity contribution in [2.24, 2.45) is 23.7 Å². The van der Waals surface area contributed by atoms with Gasteiger partial charge in [0.25, 0.3) is 11.8 Å². The number of aliphatic carboxylic acids is 1. The summed E-state index contributed by atoms with van der Waals surface area (Å²) in [6, 6.07) is 16.1. The van der Waals surface area contributed by atoms with Crippen LogP contribution >= 0.6 is 0 Å². The Morgan fingerprint density at radius 1 is 0.624 bits per heavy atom. The summed E-state index contributed by atoms with van der Waals surface area (Å²) in [5.41, 5.74) is 9.32. The number of aliphatic hydroxyl groups excluding tert-OH is 1. The molecule has 6 N–H and O–H groups in total. The normalized spacial score (nSPS) is 17.5. The fourth-order valence-corrected chi connectivity index (χ4v) is 9.19. The number of fused-ring (bicyclic) bond motifs is 2. The topological polar surface area (TPSA) is 285 Å². The fraction of sp³-hybridized carbons (Fsp3) is 0.531. The summed E-state index contributed by atoms with van der Waals surface area (Å²) >= 11 is 0. The van der Waals surface area contributed by atoms with E-state index in [-0.39, 0.29) is 30.6 Å². The third-order valence-electron chi connectivity index (χ3n) is 13.9. The molecule has 2 fully saturated rings. The van der Waals surface area contributed by atoms with Crippen LogP contribution in [-0.2, 0) is 52.6 Å². The lowest BCUT2D eigenvalue weighted by molar-refractivity contribution is -0.159. The quantitative estimate of drug-likeness (QED) is 0.0379. The van der Waals surface area contributed by atoms with Crippen LogP contribution in [0.2, 0.25) is 0 Å². The van der Waals surface area contributed by atoms with Gasteiger partial charge in [0.2, 0.25) is 11.8 Å². The highest BCUT2D eigenvalue weighted by atomic mass is 16.6. The summed E-state index contributed by atoms with van der Waals surface area (Å²) in [5.74, 6) is -5.62. The van der Waals surface area contributed by atoms with Gasteiger partial charge in [-0.1, -0.05) is 89.4 Å². The molecule has 0 saturated carbocycles. The van der Waals surface area contributed by atoms with E-state index in [1.165, 1.54) is 16.9 Å². The smallest absolute Gasteiger partial charge is 0.325 e. The highest BCUT2D eigenvalue weighted by Crippen LogP contribution is 2.25. The van der Waals surface area contributed by atoms with Gasteiger partial charge < -0.3 is 35.1 Å². The number of pyridine rings is 2. The van der Waals surface area contributed by atoms with E-state index >= 15 is 0 Å². The molecule has 21 nitrogen and oxygen atoms in total. The number of hydrazine groups is 2. The van der Waals surface area contributed by atoms with Crippen LogP contribution in [0.1, 0.15) is 170 Å². The highest BCUT2D eigenvalue weighted by molar-refractivity contribution is 5.91. The highest BCUT2D eigenvalue weighted by Gasteiger charge is 2.36. The second-order valence-electron chi connectivity index (χ2n) is 24.2. The molecule has 0 bridgehead atoms. The molecule has 2 aliphatic rings. The SMILES string of the molecule is C=Cc1ccc2ccc([C@@H](C)O)nc2c1.C=Cc1ccc2ccc([C@@H](C)OC(=O)[C@@H]3CCCN(C(=O)[C@H](C)NC(=O)[C@@H](CC(=O)OC(C)(C)C)C(C)C)N3)nc2c1.CC(C)[C@H](CC(=O)OC(C)(C)C)C(=O)N[C@@H](C)C(=O)N1CCC[C@@H](C(=O)O)N1. The van der Waals surface area contributed by atoms with Gasteiger partial charge in [-0.25, -0.2) is 15.8 Å². The monoisotopic (exact) mass is 1180 g/mol. The van der Waals surface area contributed by atoms with E-state index in [2.05, 4.69) is 44.6 Å². The first-order chi connectivity index (χ1) is 39.7. The number of carbonyl (C=O) groups is 8. The zero-order valence-electron chi connectivity index (χ0n) is 51.9. The van der Waals surface area contributed by atoms with Crippen LogP contribution in [0.15, 0.2) is 73.8 Å². The Bertz CT molecular complexity index is 3020. The minimum Gasteiger partial charge on any atom is -0.480 e. The van der Waals surface area contributed by atoms with Crippen LogP contribution in [0.5, 0.6) is 0 Å². The van der Waals surface area contributed by atoms with Gasteiger partial charge in [0.1, 0.15) is 41.5 Å². The van der Waals surface area contributed by atoms with Gasteiger partial charge in [0.05, 0.1) is 53.2 Å². The van der Waals surface area contributed by atoms with Crippen LogP contribution in [0.3, 0.4) is 0 Å². The molecule has 2 aromatic heterocycles. The van der Waals surface area contributed by atoms with Crippen molar-refractivity contribution in [2.75, 3.05) is 13.1 Å². The Labute approximate surface area is 500 Å². The molecule has 6 rings (SSSR count). The number of carbonyl (C=O) groups excluding carboxylic acids is 7. The predicted molar refractivity (Wildman–Crippen MR) is 325 cm³/mol. The molecule has 2 aromatic carbocycles. The number of rotatable bonds is 19. The van der Waals surface area contributed by atoms with Gasteiger partial charge in [-0.05, 0) is 142 Å². The van der Waals surface area contributed by atoms with Crippen molar-refractivity contribution in [3.63, 3.8) is 0 Å². The number of carboxylic acids is 1. The second kappa shape index (κ2) is 31.5. The molecule has 21 heteroatoms. The van der Waals surface area contributed by atoms with Gasteiger partial charge >= 0.3 is 23.9 Å². The number of ether oxygens (including phenoxy) is 3. The molecule has 4 aromatic rings. The Hall–Kier alpha value is -7.62. The number of nitrogens with zero attached hydrogens (tertiary/aromatic N) is 4. The second-order valence-corrected chi connectivity index (χ2v) is 24.2. The molecule has 4 heterocycles. The van der Waals surface area contributed by atoms with Crippen molar-refractivity contribution < 1.29 is 62.8 Å². The van der Waals surface area contributed by atoms with E-state index in [4.69, 9.17) is 19.3 Å². The van der Waals surface area contributed by atoms with Crippen LogP contribution in [0, 0.1) is 23.7 Å². The van der Waals surface area contributed by atoms with Crippen molar-refractivity contribution in [3.05, 3.63) is 96.3 Å². The fourth-order valence-electron chi connectivity index (χ4n) is 9.19. The van der Waals surface area contributed by atoms with Gasteiger partial charge in [-0.2, -0.15) is 0 Å². The Balaban J connectivity index is 0.000000307. The predicted octanol–water partition coefficient (Wildman–Crippen LogP) is 8.49. The van der Waals surface area contributed by atoms with E-state index in [1.807, 2.05) is 88.4 Å². The number of benzene rings is 2. The molecule has 0 spiro atoms. The first-order valence-electron chi connectivity index (χ1n) is 29.1.